The minimum atomic E-state index is -3.66. The number of anilines is 1. The van der Waals surface area contributed by atoms with Crippen LogP contribution in [0.4, 0.5) is 5.69 Å². The second kappa shape index (κ2) is 8.93. The van der Waals surface area contributed by atoms with Gasteiger partial charge >= 0.3 is 0 Å². The lowest BCUT2D eigenvalue weighted by atomic mass is 10.2. The van der Waals surface area contributed by atoms with E-state index in [9.17, 15) is 13.2 Å². The Morgan fingerprint density at radius 2 is 1.62 bits per heavy atom. The summed E-state index contributed by atoms with van der Waals surface area (Å²) >= 11 is 3.33. The third-order valence-corrected chi connectivity index (χ3v) is 6.07. The molecule has 2 aromatic rings. The number of hydrogen-bond acceptors (Lipinski definition) is 3. The van der Waals surface area contributed by atoms with Gasteiger partial charge in [-0.3, -0.25) is 4.79 Å². The van der Waals surface area contributed by atoms with E-state index in [1.165, 1.54) is 28.6 Å². The van der Waals surface area contributed by atoms with Gasteiger partial charge in [-0.15, -0.1) is 13.2 Å². The van der Waals surface area contributed by atoms with Gasteiger partial charge in [0.15, 0.2) is 0 Å². The van der Waals surface area contributed by atoms with Crippen LogP contribution < -0.4 is 5.32 Å². The van der Waals surface area contributed by atoms with Crippen LogP contribution in [0.5, 0.6) is 0 Å². The fourth-order valence-electron chi connectivity index (χ4n) is 2.26. The minimum absolute atomic E-state index is 0.139. The van der Waals surface area contributed by atoms with Crippen LogP contribution in [0.1, 0.15) is 10.4 Å². The van der Waals surface area contributed by atoms with Crippen LogP contribution in [0.25, 0.3) is 0 Å². The summed E-state index contributed by atoms with van der Waals surface area (Å²) in [6.45, 7) is 7.54. The van der Waals surface area contributed by atoms with Crippen molar-refractivity contribution in [2.75, 3.05) is 18.4 Å². The van der Waals surface area contributed by atoms with Crippen molar-refractivity contribution in [2.45, 2.75) is 4.90 Å². The molecule has 1 N–H and O–H groups in total. The molecule has 1 amide bonds. The molecule has 0 saturated heterocycles. The van der Waals surface area contributed by atoms with Crippen LogP contribution in [0.2, 0.25) is 0 Å². The molecule has 7 heteroatoms. The molecule has 2 aromatic carbocycles. The zero-order valence-corrected chi connectivity index (χ0v) is 16.5. The molecule has 0 aliphatic carbocycles. The maximum Gasteiger partial charge on any atom is 0.256 e. The zero-order chi connectivity index (χ0) is 19.2. The molecular formula is C19H19BrN2O3S. The normalized spacial score (nSPS) is 11.2. The van der Waals surface area contributed by atoms with Crippen molar-refractivity contribution in [1.82, 2.24) is 4.31 Å². The number of nitrogens with one attached hydrogen (secondary N) is 1. The monoisotopic (exact) mass is 434 g/mol. The maximum absolute atomic E-state index is 12.6. The summed E-state index contributed by atoms with van der Waals surface area (Å²) in [5.41, 5.74) is 0.996. The van der Waals surface area contributed by atoms with Crippen molar-refractivity contribution >= 4 is 37.5 Å². The van der Waals surface area contributed by atoms with E-state index in [0.717, 1.165) is 0 Å². The Balaban J connectivity index is 2.19. The van der Waals surface area contributed by atoms with Crippen LogP contribution in [0, 0.1) is 0 Å². The number of nitrogens with zero attached hydrogens (tertiary/aromatic N) is 1. The summed E-state index contributed by atoms with van der Waals surface area (Å²) < 4.78 is 27.2. The number of halogens is 1. The van der Waals surface area contributed by atoms with Crippen molar-refractivity contribution in [2.24, 2.45) is 0 Å². The Morgan fingerprint density at radius 1 is 1.04 bits per heavy atom. The van der Waals surface area contributed by atoms with Crippen LogP contribution in [-0.2, 0) is 10.0 Å². The molecule has 0 aliphatic heterocycles. The highest BCUT2D eigenvalue weighted by Crippen LogP contribution is 2.21. The first-order valence-electron chi connectivity index (χ1n) is 7.78. The van der Waals surface area contributed by atoms with E-state index in [-0.39, 0.29) is 23.9 Å². The minimum Gasteiger partial charge on any atom is -0.322 e. The molecule has 0 unspecified atom stereocenters. The lowest BCUT2D eigenvalue weighted by molar-refractivity contribution is 0.102. The molecule has 0 heterocycles. The molecule has 0 spiro atoms. The van der Waals surface area contributed by atoms with E-state index < -0.39 is 10.0 Å². The van der Waals surface area contributed by atoms with Gasteiger partial charge in [-0.2, -0.15) is 4.31 Å². The number of carbonyl (C=O) groups excluding carboxylic acids is 1. The van der Waals surface area contributed by atoms with Crippen LogP contribution in [-0.4, -0.2) is 31.7 Å². The molecule has 0 bridgehead atoms. The Kier molecular flexibility index (Phi) is 6.90. The number of amides is 1. The standard InChI is InChI=1S/C19H19BrN2O3S/c1-3-13-22(14-4-2)26(24,25)16-11-9-15(10-12-16)21-19(23)17-7-5-6-8-18(17)20/h3-12H,1-2,13-14H2,(H,21,23). The van der Waals surface area contributed by atoms with Crippen molar-refractivity contribution in [1.29, 1.82) is 0 Å². The summed E-state index contributed by atoms with van der Waals surface area (Å²) in [5, 5.41) is 2.75. The van der Waals surface area contributed by atoms with E-state index in [1.807, 2.05) is 6.07 Å². The molecule has 0 fully saturated rings. The van der Waals surface area contributed by atoms with Gasteiger partial charge in [0, 0.05) is 23.2 Å². The van der Waals surface area contributed by atoms with E-state index >= 15 is 0 Å². The van der Waals surface area contributed by atoms with E-state index in [1.54, 1.807) is 30.3 Å². The molecule has 26 heavy (non-hydrogen) atoms. The van der Waals surface area contributed by atoms with E-state index in [4.69, 9.17) is 0 Å². The number of sulfonamides is 1. The predicted octanol–water partition coefficient (Wildman–Crippen LogP) is 4.06. The predicted molar refractivity (Wildman–Crippen MR) is 108 cm³/mol. The van der Waals surface area contributed by atoms with Gasteiger partial charge < -0.3 is 5.32 Å². The van der Waals surface area contributed by atoms with Crippen molar-refractivity contribution < 1.29 is 13.2 Å². The van der Waals surface area contributed by atoms with E-state index in [0.29, 0.717) is 15.7 Å². The Morgan fingerprint density at radius 3 is 2.15 bits per heavy atom. The van der Waals surface area contributed by atoms with Gasteiger partial charge in [0.2, 0.25) is 10.0 Å². The van der Waals surface area contributed by atoms with Crippen LogP contribution in [0.15, 0.2) is 83.2 Å². The van der Waals surface area contributed by atoms with Crippen molar-refractivity contribution in [3.8, 4) is 0 Å². The second-order valence-corrected chi connectivity index (χ2v) is 8.15. The quantitative estimate of drug-likeness (QED) is 0.636. The highest BCUT2D eigenvalue weighted by molar-refractivity contribution is 9.10. The summed E-state index contributed by atoms with van der Waals surface area (Å²) in [6.07, 6.45) is 3.04. The number of hydrogen-bond donors (Lipinski definition) is 1. The SMILES string of the molecule is C=CCN(CC=C)S(=O)(=O)c1ccc(NC(=O)c2ccccc2Br)cc1. The molecule has 0 aliphatic rings. The summed E-state index contributed by atoms with van der Waals surface area (Å²) in [5.74, 6) is -0.284. The molecule has 0 saturated carbocycles. The first-order chi connectivity index (χ1) is 12.4. The first kappa shape index (κ1) is 20.1. The summed E-state index contributed by atoms with van der Waals surface area (Å²) in [4.78, 5) is 12.4. The molecule has 2 rings (SSSR count). The topological polar surface area (TPSA) is 66.5 Å². The lowest BCUT2D eigenvalue weighted by Crippen LogP contribution is -2.31. The second-order valence-electron chi connectivity index (χ2n) is 5.36. The van der Waals surface area contributed by atoms with Crippen molar-refractivity contribution in [3.05, 3.63) is 83.9 Å². The highest BCUT2D eigenvalue weighted by Gasteiger charge is 2.22. The summed E-state index contributed by atoms with van der Waals surface area (Å²) in [6, 6.07) is 13.1. The smallest absolute Gasteiger partial charge is 0.256 e. The average molecular weight is 435 g/mol. The number of carbonyl (C=O) groups is 1. The Labute approximate surface area is 162 Å². The number of rotatable bonds is 8. The number of benzene rings is 2. The molecule has 0 atom stereocenters. The van der Waals surface area contributed by atoms with Crippen LogP contribution in [0.3, 0.4) is 0 Å². The van der Waals surface area contributed by atoms with Gasteiger partial charge in [0.1, 0.15) is 0 Å². The molecule has 0 radical (unpaired) electrons. The van der Waals surface area contributed by atoms with Gasteiger partial charge in [-0.1, -0.05) is 24.3 Å². The molecule has 0 aromatic heterocycles. The van der Waals surface area contributed by atoms with E-state index in [2.05, 4.69) is 34.4 Å². The average Bonchev–Trinajstić information content (AvgIpc) is 2.62. The van der Waals surface area contributed by atoms with Gasteiger partial charge in [0.25, 0.3) is 5.91 Å². The van der Waals surface area contributed by atoms with Gasteiger partial charge in [-0.25, -0.2) is 8.42 Å². The van der Waals surface area contributed by atoms with Gasteiger partial charge in [-0.05, 0) is 52.3 Å². The molecule has 5 nitrogen and oxygen atoms in total. The Hall–Kier alpha value is -2.22. The first-order valence-corrected chi connectivity index (χ1v) is 10.0. The Bertz CT molecular complexity index is 899. The fourth-order valence-corrected chi connectivity index (χ4v) is 4.11. The van der Waals surface area contributed by atoms with Crippen LogP contribution >= 0.6 is 15.9 Å². The fraction of sp³-hybridized carbons (Fsp3) is 0.105. The lowest BCUT2D eigenvalue weighted by Gasteiger charge is -2.19. The van der Waals surface area contributed by atoms with Crippen molar-refractivity contribution in [3.63, 3.8) is 0 Å². The maximum atomic E-state index is 12.6. The van der Waals surface area contributed by atoms with Gasteiger partial charge in [0.05, 0.1) is 10.5 Å². The zero-order valence-electron chi connectivity index (χ0n) is 14.1. The largest absolute Gasteiger partial charge is 0.322 e. The highest BCUT2D eigenvalue weighted by atomic mass is 79.9. The molecule has 136 valence electrons. The third-order valence-electron chi connectivity index (χ3n) is 3.53. The molecular weight excluding hydrogens is 416 g/mol. The summed E-state index contributed by atoms with van der Waals surface area (Å²) in [7, 11) is -3.66. The third kappa shape index (κ3) is 4.69.